The van der Waals surface area contributed by atoms with E-state index in [2.05, 4.69) is 17.4 Å². The Balaban J connectivity index is 1.53. The number of carbonyl (C=O) groups is 2. The zero-order chi connectivity index (χ0) is 19.5. The Hall–Kier alpha value is -2.80. The zero-order valence-electron chi connectivity index (χ0n) is 15.6. The van der Waals surface area contributed by atoms with E-state index in [1.807, 2.05) is 53.4 Å². The number of amides is 3. The number of hydrogen-bond acceptors (Lipinski definition) is 5. The van der Waals surface area contributed by atoms with Gasteiger partial charge in [0, 0.05) is 18.5 Å². The first kappa shape index (κ1) is 18.6. The molecule has 2 aliphatic rings. The second kappa shape index (κ2) is 8.06. The van der Waals surface area contributed by atoms with E-state index in [0.29, 0.717) is 6.54 Å². The Morgan fingerprint density at radius 1 is 1.04 bits per heavy atom. The molecule has 1 fully saturated rings. The lowest BCUT2D eigenvalue weighted by atomic mass is 10.1. The van der Waals surface area contributed by atoms with E-state index >= 15 is 0 Å². The van der Waals surface area contributed by atoms with E-state index in [-0.39, 0.29) is 5.91 Å². The van der Waals surface area contributed by atoms with Crippen molar-refractivity contribution in [2.75, 3.05) is 13.6 Å². The number of amidine groups is 1. The van der Waals surface area contributed by atoms with E-state index in [1.165, 1.54) is 22.2 Å². The quantitative estimate of drug-likeness (QED) is 0.847. The van der Waals surface area contributed by atoms with Crippen molar-refractivity contribution in [3.63, 3.8) is 0 Å². The van der Waals surface area contributed by atoms with Crippen LogP contribution in [0.1, 0.15) is 12.0 Å². The number of likely N-dealkylation sites (N-methyl/N-ethyl adjacent to an activating group) is 1. The number of aliphatic imine (C=N–C) groups is 1. The molecule has 2 atom stereocenters. The van der Waals surface area contributed by atoms with Gasteiger partial charge in [-0.05, 0) is 30.5 Å². The molecule has 2 aromatic carbocycles. The van der Waals surface area contributed by atoms with Crippen LogP contribution in [0.5, 0.6) is 0 Å². The minimum atomic E-state index is -0.482. The largest absolute Gasteiger partial charge is 0.335 e. The molecule has 7 heteroatoms. The van der Waals surface area contributed by atoms with Crippen LogP contribution >= 0.6 is 11.8 Å². The van der Waals surface area contributed by atoms with Crippen LogP contribution in [0.2, 0.25) is 0 Å². The number of imide groups is 1. The fourth-order valence-corrected chi connectivity index (χ4v) is 4.50. The molecule has 28 heavy (non-hydrogen) atoms. The highest BCUT2D eigenvalue weighted by atomic mass is 32.2. The van der Waals surface area contributed by atoms with Crippen molar-refractivity contribution in [2.45, 2.75) is 29.9 Å². The van der Waals surface area contributed by atoms with Crippen LogP contribution in [0.4, 0.5) is 4.79 Å². The molecule has 0 spiro atoms. The number of hydrogen-bond donors (Lipinski definition) is 1. The Morgan fingerprint density at radius 2 is 1.71 bits per heavy atom. The number of urea groups is 1. The number of nitrogens with one attached hydrogen (secondary N) is 1. The third-order valence-corrected chi connectivity index (χ3v) is 6.01. The molecule has 1 saturated heterocycles. The van der Waals surface area contributed by atoms with Gasteiger partial charge in [0.05, 0.1) is 0 Å². The summed E-state index contributed by atoms with van der Waals surface area (Å²) in [5, 5.41) is 3.23. The van der Waals surface area contributed by atoms with E-state index < -0.39 is 18.2 Å². The lowest BCUT2D eigenvalue weighted by molar-refractivity contribution is -0.127. The Bertz CT molecular complexity index is 888. The van der Waals surface area contributed by atoms with Crippen LogP contribution in [0, 0.1) is 0 Å². The van der Waals surface area contributed by atoms with Crippen LogP contribution in [-0.4, -0.2) is 52.7 Å². The minimum absolute atomic E-state index is 0.278. The lowest BCUT2D eigenvalue weighted by Crippen LogP contribution is -2.63. The van der Waals surface area contributed by atoms with Gasteiger partial charge >= 0.3 is 6.03 Å². The molecular formula is C21H22N4O2S. The lowest BCUT2D eigenvalue weighted by Gasteiger charge is -2.36. The van der Waals surface area contributed by atoms with Gasteiger partial charge in [0.15, 0.2) is 17.4 Å². The van der Waals surface area contributed by atoms with E-state index in [4.69, 9.17) is 4.99 Å². The molecule has 0 radical (unpaired) electrons. The SMILES string of the molecule is CN1C(=O)NC(=O)C2C1N=C(Sc1ccccc1)N2CCCc1ccccc1. The number of thioether (sulfide) groups is 1. The van der Waals surface area contributed by atoms with E-state index in [0.717, 1.165) is 22.9 Å². The zero-order valence-corrected chi connectivity index (χ0v) is 16.4. The standard InChI is InChI=1S/C21H22N4O2S/c1-24-18-17(19(26)23-20(24)27)25(14-8-11-15-9-4-2-5-10-15)21(22-18)28-16-12-6-3-7-13-16/h2-7,9-10,12-13,17-18H,8,11,14H2,1H3,(H,23,26,27). The summed E-state index contributed by atoms with van der Waals surface area (Å²) in [5.41, 5.74) is 1.27. The van der Waals surface area contributed by atoms with Crippen molar-refractivity contribution in [3.05, 3.63) is 66.2 Å². The van der Waals surface area contributed by atoms with Gasteiger partial charge in [-0.3, -0.25) is 10.1 Å². The number of carbonyl (C=O) groups excluding carboxylic acids is 2. The molecular weight excluding hydrogens is 372 g/mol. The molecule has 6 nitrogen and oxygen atoms in total. The topological polar surface area (TPSA) is 65.0 Å². The fraction of sp³-hybridized carbons (Fsp3) is 0.286. The molecule has 0 bridgehead atoms. The number of fused-ring (bicyclic) bond motifs is 1. The fourth-order valence-electron chi connectivity index (χ4n) is 3.51. The monoisotopic (exact) mass is 394 g/mol. The molecule has 0 aliphatic carbocycles. The number of aryl methyl sites for hydroxylation is 1. The summed E-state index contributed by atoms with van der Waals surface area (Å²) in [6.45, 7) is 0.699. The van der Waals surface area contributed by atoms with E-state index in [1.54, 1.807) is 7.05 Å². The summed E-state index contributed by atoms with van der Waals surface area (Å²) >= 11 is 1.53. The van der Waals surface area contributed by atoms with Crippen molar-refractivity contribution in [3.8, 4) is 0 Å². The molecule has 144 valence electrons. The van der Waals surface area contributed by atoms with Gasteiger partial charge in [0.2, 0.25) is 0 Å². The highest BCUT2D eigenvalue weighted by molar-refractivity contribution is 8.13. The summed E-state index contributed by atoms with van der Waals surface area (Å²) in [5.74, 6) is -0.278. The van der Waals surface area contributed by atoms with E-state index in [9.17, 15) is 9.59 Å². The molecule has 4 rings (SSSR count). The molecule has 2 aromatic rings. The number of nitrogens with zero attached hydrogens (tertiary/aromatic N) is 3. The molecule has 3 amide bonds. The van der Waals surface area contributed by atoms with Gasteiger partial charge in [0.25, 0.3) is 5.91 Å². The molecule has 2 unspecified atom stereocenters. The smallest absolute Gasteiger partial charge is 0.325 e. The molecule has 2 aliphatic heterocycles. The van der Waals surface area contributed by atoms with Crippen LogP contribution in [0.3, 0.4) is 0 Å². The summed E-state index contributed by atoms with van der Waals surface area (Å²) in [7, 11) is 1.68. The Labute approximate surface area is 168 Å². The summed E-state index contributed by atoms with van der Waals surface area (Å²) < 4.78 is 0. The summed E-state index contributed by atoms with van der Waals surface area (Å²) in [6, 6.07) is 19.4. The predicted octanol–water partition coefficient (Wildman–Crippen LogP) is 2.96. The second-order valence-electron chi connectivity index (χ2n) is 6.87. The first-order chi connectivity index (χ1) is 13.6. The van der Waals surface area contributed by atoms with Crippen molar-refractivity contribution < 1.29 is 9.59 Å². The van der Waals surface area contributed by atoms with Gasteiger partial charge in [-0.2, -0.15) is 0 Å². The van der Waals surface area contributed by atoms with Gasteiger partial charge in [0.1, 0.15) is 0 Å². The van der Waals surface area contributed by atoms with Gasteiger partial charge < -0.3 is 9.80 Å². The highest BCUT2D eigenvalue weighted by Crippen LogP contribution is 2.32. The molecule has 0 aromatic heterocycles. The molecule has 0 saturated carbocycles. The van der Waals surface area contributed by atoms with Gasteiger partial charge in [-0.1, -0.05) is 60.3 Å². The van der Waals surface area contributed by atoms with Gasteiger partial charge in [-0.15, -0.1) is 0 Å². The number of benzene rings is 2. The number of rotatable bonds is 5. The molecule has 2 heterocycles. The maximum atomic E-state index is 12.6. The minimum Gasteiger partial charge on any atom is -0.335 e. The van der Waals surface area contributed by atoms with Crippen molar-refractivity contribution >= 4 is 28.9 Å². The highest BCUT2D eigenvalue weighted by Gasteiger charge is 2.48. The van der Waals surface area contributed by atoms with Crippen molar-refractivity contribution in [1.29, 1.82) is 0 Å². The van der Waals surface area contributed by atoms with Crippen LogP contribution in [-0.2, 0) is 11.2 Å². The average molecular weight is 395 g/mol. The third-order valence-electron chi connectivity index (χ3n) is 4.98. The van der Waals surface area contributed by atoms with Gasteiger partial charge in [-0.25, -0.2) is 9.79 Å². The average Bonchev–Trinajstić information content (AvgIpc) is 3.07. The maximum absolute atomic E-state index is 12.6. The second-order valence-corrected chi connectivity index (χ2v) is 7.91. The molecule has 1 N–H and O–H groups in total. The first-order valence-corrected chi connectivity index (χ1v) is 10.1. The predicted molar refractivity (Wildman–Crippen MR) is 110 cm³/mol. The Morgan fingerprint density at radius 3 is 2.43 bits per heavy atom. The normalized spacial score (nSPS) is 21.4. The van der Waals surface area contributed by atoms with Crippen LogP contribution in [0.15, 0.2) is 70.6 Å². The van der Waals surface area contributed by atoms with Crippen molar-refractivity contribution in [1.82, 2.24) is 15.1 Å². The summed E-state index contributed by atoms with van der Waals surface area (Å²) in [6.07, 6.45) is 1.34. The maximum Gasteiger partial charge on any atom is 0.325 e. The summed E-state index contributed by atoms with van der Waals surface area (Å²) in [4.78, 5) is 34.0. The van der Waals surface area contributed by atoms with Crippen LogP contribution in [0.25, 0.3) is 0 Å². The first-order valence-electron chi connectivity index (χ1n) is 9.32. The Kier molecular flexibility index (Phi) is 5.34. The van der Waals surface area contributed by atoms with Crippen molar-refractivity contribution in [2.24, 2.45) is 4.99 Å². The third kappa shape index (κ3) is 3.75. The van der Waals surface area contributed by atoms with Crippen LogP contribution < -0.4 is 5.32 Å².